The molecule has 0 spiro atoms. The van der Waals surface area contributed by atoms with Crippen molar-refractivity contribution in [3.05, 3.63) is 53.4 Å². The van der Waals surface area contributed by atoms with Gasteiger partial charge in [0.2, 0.25) is 0 Å². The first-order chi connectivity index (χ1) is 11.3. The largest absolute Gasteiger partial charge is 0.353 e. The van der Waals surface area contributed by atoms with Crippen molar-refractivity contribution in [1.29, 1.82) is 0 Å². The predicted molar refractivity (Wildman–Crippen MR) is 91.3 cm³/mol. The fourth-order valence-corrected chi connectivity index (χ4v) is 3.83. The Morgan fingerprint density at radius 2 is 1.78 bits per heavy atom. The molecule has 0 N–H and O–H groups in total. The molecule has 1 saturated heterocycles. The number of halogens is 1. The van der Waals surface area contributed by atoms with E-state index in [0.717, 1.165) is 49.6 Å². The Morgan fingerprint density at radius 3 is 2.57 bits per heavy atom. The van der Waals surface area contributed by atoms with Crippen LogP contribution in [0.15, 0.2) is 42.0 Å². The summed E-state index contributed by atoms with van der Waals surface area (Å²) in [6.45, 7) is 4.73. The van der Waals surface area contributed by atoms with Gasteiger partial charge in [0, 0.05) is 32.7 Å². The average Bonchev–Trinajstić information content (AvgIpc) is 3.06. The smallest absolute Gasteiger partial charge is 0.150 e. The van der Waals surface area contributed by atoms with Crippen LogP contribution in [0.5, 0.6) is 0 Å². The number of benzene rings is 1. The molecule has 23 heavy (non-hydrogen) atoms. The number of fused-ring (bicyclic) bond motifs is 1. The van der Waals surface area contributed by atoms with Crippen LogP contribution in [0.4, 0.5) is 10.2 Å². The van der Waals surface area contributed by atoms with Crippen LogP contribution in [0.3, 0.4) is 0 Å². The Hall–Kier alpha value is -2.05. The van der Waals surface area contributed by atoms with Gasteiger partial charge in [-0.3, -0.25) is 4.90 Å². The fraction of sp³-hybridized carbons (Fsp3) is 0.294. The summed E-state index contributed by atoms with van der Waals surface area (Å²) in [5, 5.41) is 2.06. The van der Waals surface area contributed by atoms with Crippen molar-refractivity contribution in [2.45, 2.75) is 6.54 Å². The molecule has 1 aliphatic heterocycles. The molecule has 0 saturated carbocycles. The third-order valence-corrected chi connectivity index (χ3v) is 5.12. The molecule has 118 valence electrons. The highest BCUT2D eigenvalue weighted by Gasteiger charge is 2.20. The van der Waals surface area contributed by atoms with Gasteiger partial charge in [-0.2, -0.15) is 0 Å². The average molecular weight is 328 g/mol. The van der Waals surface area contributed by atoms with Crippen LogP contribution in [-0.2, 0) is 6.54 Å². The lowest BCUT2D eigenvalue weighted by molar-refractivity contribution is 0.249. The highest BCUT2D eigenvalue weighted by atomic mass is 32.1. The summed E-state index contributed by atoms with van der Waals surface area (Å²) in [6, 6.07) is 8.82. The van der Waals surface area contributed by atoms with Crippen molar-refractivity contribution < 1.29 is 4.39 Å². The Morgan fingerprint density at radius 1 is 1.00 bits per heavy atom. The van der Waals surface area contributed by atoms with Crippen LogP contribution in [0.2, 0.25) is 0 Å². The van der Waals surface area contributed by atoms with Gasteiger partial charge in [-0.15, -0.1) is 11.3 Å². The summed E-state index contributed by atoms with van der Waals surface area (Å²) >= 11 is 1.70. The van der Waals surface area contributed by atoms with Gasteiger partial charge in [-0.25, -0.2) is 14.4 Å². The van der Waals surface area contributed by atoms with E-state index in [4.69, 9.17) is 0 Å². The van der Waals surface area contributed by atoms with Gasteiger partial charge < -0.3 is 4.90 Å². The number of piperazine rings is 1. The predicted octanol–water partition coefficient (Wildman–Crippen LogP) is 3.15. The second-order valence-corrected chi connectivity index (χ2v) is 6.64. The van der Waals surface area contributed by atoms with E-state index in [-0.39, 0.29) is 5.82 Å². The number of aromatic nitrogens is 2. The Bertz CT molecular complexity index is 794. The zero-order valence-corrected chi connectivity index (χ0v) is 13.5. The molecule has 0 bridgehead atoms. The van der Waals surface area contributed by atoms with Crippen LogP contribution in [0.25, 0.3) is 10.2 Å². The summed E-state index contributed by atoms with van der Waals surface area (Å²) in [7, 11) is 0. The first kappa shape index (κ1) is 14.5. The molecule has 1 aromatic carbocycles. The Balaban J connectivity index is 1.43. The summed E-state index contributed by atoms with van der Waals surface area (Å²) in [5.74, 6) is 0.869. The Labute approximate surface area is 138 Å². The maximum Gasteiger partial charge on any atom is 0.150 e. The molecular formula is C17H17FN4S. The van der Waals surface area contributed by atoms with Crippen LogP contribution in [0.1, 0.15) is 5.56 Å². The maximum atomic E-state index is 13.0. The van der Waals surface area contributed by atoms with Gasteiger partial charge in [0.1, 0.15) is 18.0 Å². The fourth-order valence-electron chi connectivity index (χ4n) is 2.97. The zero-order chi connectivity index (χ0) is 15.6. The SMILES string of the molecule is Fc1ccc(CN2CCN(c3ncnc4ccsc34)CC2)cc1. The first-order valence-corrected chi connectivity index (χ1v) is 8.57. The van der Waals surface area contributed by atoms with Crippen LogP contribution >= 0.6 is 11.3 Å². The second-order valence-electron chi connectivity index (χ2n) is 5.72. The lowest BCUT2D eigenvalue weighted by atomic mass is 10.2. The highest BCUT2D eigenvalue weighted by molar-refractivity contribution is 7.17. The minimum Gasteiger partial charge on any atom is -0.353 e. The lowest BCUT2D eigenvalue weighted by Crippen LogP contribution is -2.46. The first-order valence-electron chi connectivity index (χ1n) is 7.69. The molecule has 1 aliphatic rings. The molecule has 0 atom stereocenters. The number of rotatable bonds is 3. The van der Waals surface area contributed by atoms with Crippen molar-refractivity contribution >= 4 is 27.4 Å². The lowest BCUT2D eigenvalue weighted by Gasteiger charge is -2.35. The van der Waals surface area contributed by atoms with Gasteiger partial charge in [-0.1, -0.05) is 12.1 Å². The minimum atomic E-state index is -0.178. The van der Waals surface area contributed by atoms with E-state index in [2.05, 4.69) is 25.1 Å². The summed E-state index contributed by atoms with van der Waals surface area (Å²) in [6.07, 6.45) is 1.65. The molecule has 0 radical (unpaired) electrons. The third kappa shape index (κ3) is 3.04. The molecule has 3 heterocycles. The van der Waals surface area contributed by atoms with Crippen molar-refractivity contribution in [2.75, 3.05) is 31.1 Å². The van der Waals surface area contributed by atoms with Crippen molar-refractivity contribution in [1.82, 2.24) is 14.9 Å². The van der Waals surface area contributed by atoms with Gasteiger partial charge in [-0.05, 0) is 29.1 Å². The molecule has 0 aliphatic carbocycles. The number of anilines is 1. The number of hydrogen-bond donors (Lipinski definition) is 0. The van der Waals surface area contributed by atoms with Crippen LogP contribution in [0, 0.1) is 5.82 Å². The molecule has 4 rings (SSSR count). The van der Waals surface area contributed by atoms with E-state index in [9.17, 15) is 4.39 Å². The van der Waals surface area contributed by atoms with E-state index >= 15 is 0 Å². The summed E-state index contributed by atoms with van der Waals surface area (Å²) in [4.78, 5) is 13.5. The van der Waals surface area contributed by atoms with Crippen molar-refractivity contribution in [3.63, 3.8) is 0 Å². The van der Waals surface area contributed by atoms with Gasteiger partial charge in [0.05, 0.1) is 10.2 Å². The third-order valence-electron chi connectivity index (χ3n) is 4.22. The van der Waals surface area contributed by atoms with E-state index in [0.29, 0.717) is 0 Å². The number of nitrogens with zero attached hydrogens (tertiary/aromatic N) is 4. The highest BCUT2D eigenvalue weighted by Crippen LogP contribution is 2.28. The molecule has 6 heteroatoms. The standard InChI is InChI=1S/C17H17FN4S/c18-14-3-1-13(2-4-14)11-21-6-8-22(9-7-21)17-16-15(5-10-23-16)19-12-20-17/h1-5,10,12H,6-9,11H2. The van der Waals surface area contributed by atoms with E-state index in [1.165, 1.54) is 16.8 Å². The van der Waals surface area contributed by atoms with E-state index in [1.807, 2.05) is 18.2 Å². The summed E-state index contributed by atoms with van der Waals surface area (Å²) in [5.41, 5.74) is 2.18. The monoisotopic (exact) mass is 328 g/mol. The second kappa shape index (κ2) is 6.22. The van der Waals surface area contributed by atoms with Crippen molar-refractivity contribution in [3.8, 4) is 0 Å². The molecular weight excluding hydrogens is 311 g/mol. The van der Waals surface area contributed by atoms with Crippen LogP contribution < -0.4 is 4.90 Å². The zero-order valence-electron chi connectivity index (χ0n) is 12.7. The number of hydrogen-bond acceptors (Lipinski definition) is 5. The molecule has 2 aromatic heterocycles. The van der Waals surface area contributed by atoms with Gasteiger partial charge in [0.25, 0.3) is 0 Å². The molecule has 4 nitrogen and oxygen atoms in total. The maximum absolute atomic E-state index is 13.0. The van der Waals surface area contributed by atoms with Crippen molar-refractivity contribution in [2.24, 2.45) is 0 Å². The Kier molecular flexibility index (Phi) is 3.93. The van der Waals surface area contributed by atoms with Crippen LogP contribution in [-0.4, -0.2) is 41.0 Å². The van der Waals surface area contributed by atoms with Gasteiger partial charge >= 0.3 is 0 Å². The summed E-state index contributed by atoms with van der Waals surface area (Å²) < 4.78 is 14.1. The van der Waals surface area contributed by atoms with E-state index in [1.54, 1.807) is 17.7 Å². The quantitative estimate of drug-likeness (QED) is 0.739. The molecule has 3 aromatic rings. The van der Waals surface area contributed by atoms with E-state index < -0.39 is 0 Å². The molecule has 0 amide bonds. The van der Waals surface area contributed by atoms with Gasteiger partial charge in [0.15, 0.2) is 0 Å². The molecule has 1 fully saturated rings. The topological polar surface area (TPSA) is 32.3 Å². The molecule has 0 unspecified atom stereocenters. The normalized spacial score (nSPS) is 16.1. The minimum absolute atomic E-state index is 0.178. The number of thiophene rings is 1.